The summed E-state index contributed by atoms with van der Waals surface area (Å²) in [5, 5.41) is 9.60. The average molecular weight is 365 g/mol. The fraction of sp³-hybridized carbons (Fsp3) is 0.263. The third kappa shape index (κ3) is 3.10. The second kappa shape index (κ2) is 6.71. The molecule has 0 saturated carbocycles. The minimum atomic E-state index is -1.21. The molecule has 0 amide bonds. The van der Waals surface area contributed by atoms with Crippen molar-refractivity contribution < 1.29 is 9.90 Å². The number of anilines is 2. The van der Waals surface area contributed by atoms with Crippen molar-refractivity contribution in [3.8, 4) is 0 Å². The van der Waals surface area contributed by atoms with Crippen LogP contribution >= 0.6 is 0 Å². The van der Waals surface area contributed by atoms with Gasteiger partial charge in [-0.1, -0.05) is 0 Å². The average Bonchev–Trinajstić information content (AvgIpc) is 2.71. The molecule has 1 aliphatic heterocycles. The van der Waals surface area contributed by atoms with Crippen LogP contribution in [0.25, 0.3) is 10.9 Å². The molecular formula is C19H19N5O3. The first-order valence-corrected chi connectivity index (χ1v) is 8.68. The van der Waals surface area contributed by atoms with Crippen molar-refractivity contribution in [3.63, 3.8) is 0 Å². The molecule has 0 unspecified atom stereocenters. The Hall–Kier alpha value is -3.42. The van der Waals surface area contributed by atoms with Crippen molar-refractivity contribution in [1.29, 1.82) is 0 Å². The van der Waals surface area contributed by atoms with Crippen molar-refractivity contribution in [2.24, 2.45) is 7.05 Å². The third-order valence-electron chi connectivity index (χ3n) is 4.88. The first-order valence-electron chi connectivity index (χ1n) is 8.68. The lowest BCUT2D eigenvalue weighted by Gasteiger charge is -2.36. The molecule has 2 aromatic heterocycles. The van der Waals surface area contributed by atoms with Gasteiger partial charge in [0, 0.05) is 62.9 Å². The normalized spacial score (nSPS) is 14.6. The lowest BCUT2D eigenvalue weighted by Crippen LogP contribution is -2.47. The maximum Gasteiger partial charge on any atom is 0.341 e. The molecule has 3 aromatic rings. The molecule has 0 atom stereocenters. The number of piperazine rings is 1. The van der Waals surface area contributed by atoms with E-state index in [4.69, 9.17) is 0 Å². The minimum Gasteiger partial charge on any atom is -0.477 e. The van der Waals surface area contributed by atoms with Gasteiger partial charge in [-0.2, -0.15) is 0 Å². The second-order valence-corrected chi connectivity index (χ2v) is 6.51. The Labute approximate surface area is 155 Å². The molecule has 27 heavy (non-hydrogen) atoms. The number of aromatic carboxylic acids is 1. The molecule has 1 N–H and O–H groups in total. The van der Waals surface area contributed by atoms with Crippen LogP contribution in [0, 0.1) is 0 Å². The molecule has 3 heterocycles. The smallest absolute Gasteiger partial charge is 0.341 e. The number of rotatable bonds is 3. The maximum absolute atomic E-state index is 12.4. The highest BCUT2D eigenvalue weighted by Crippen LogP contribution is 2.22. The predicted octanol–water partition coefficient (Wildman–Crippen LogP) is 1.35. The second-order valence-electron chi connectivity index (χ2n) is 6.51. The summed E-state index contributed by atoms with van der Waals surface area (Å²) >= 11 is 0. The van der Waals surface area contributed by atoms with E-state index in [1.54, 1.807) is 36.1 Å². The van der Waals surface area contributed by atoms with Crippen LogP contribution < -0.4 is 15.2 Å². The van der Waals surface area contributed by atoms with Gasteiger partial charge in [0.15, 0.2) is 0 Å². The Kier molecular flexibility index (Phi) is 4.23. The molecule has 1 saturated heterocycles. The topological polar surface area (TPSA) is 91.6 Å². The predicted molar refractivity (Wildman–Crippen MR) is 103 cm³/mol. The molecule has 8 nitrogen and oxygen atoms in total. The number of hydrogen-bond acceptors (Lipinski definition) is 6. The third-order valence-corrected chi connectivity index (χ3v) is 4.88. The SMILES string of the molecule is Cn1cc(C(=O)O)c(=O)c2ccc(N3CCN(c4ncccn4)CC3)cc21. The van der Waals surface area contributed by atoms with Crippen molar-refractivity contribution >= 4 is 28.5 Å². The van der Waals surface area contributed by atoms with Crippen LogP contribution in [0.3, 0.4) is 0 Å². The van der Waals surface area contributed by atoms with Gasteiger partial charge in [0.25, 0.3) is 0 Å². The minimum absolute atomic E-state index is 0.214. The largest absolute Gasteiger partial charge is 0.477 e. The zero-order chi connectivity index (χ0) is 19.0. The maximum atomic E-state index is 12.4. The molecule has 1 aromatic carbocycles. The molecule has 138 valence electrons. The standard InChI is InChI=1S/C19H19N5O3/c1-22-12-15(18(26)27)17(25)14-4-3-13(11-16(14)22)23-7-9-24(10-8-23)19-20-5-2-6-21-19/h2-6,11-12H,7-10H2,1H3,(H,26,27). The number of aryl methyl sites for hydroxylation is 1. The van der Waals surface area contributed by atoms with E-state index in [1.165, 1.54) is 6.20 Å². The van der Waals surface area contributed by atoms with Crippen LogP contribution in [-0.2, 0) is 7.05 Å². The summed E-state index contributed by atoms with van der Waals surface area (Å²) in [5.74, 6) is -0.472. The summed E-state index contributed by atoms with van der Waals surface area (Å²) in [6.07, 6.45) is 4.86. The quantitative estimate of drug-likeness (QED) is 0.749. The molecule has 0 spiro atoms. The van der Waals surface area contributed by atoms with Gasteiger partial charge in [-0.15, -0.1) is 0 Å². The number of hydrogen-bond donors (Lipinski definition) is 1. The van der Waals surface area contributed by atoms with Gasteiger partial charge < -0.3 is 19.5 Å². The molecule has 0 aliphatic carbocycles. The zero-order valence-corrected chi connectivity index (χ0v) is 14.9. The highest BCUT2D eigenvalue weighted by Gasteiger charge is 2.20. The number of fused-ring (bicyclic) bond motifs is 1. The summed E-state index contributed by atoms with van der Waals surface area (Å²) in [6.45, 7) is 3.23. The van der Waals surface area contributed by atoms with Gasteiger partial charge >= 0.3 is 5.97 Å². The van der Waals surface area contributed by atoms with E-state index in [0.717, 1.165) is 43.3 Å². The number of carboxylic acid groups (broad SMARTS) is 1. The Morgan fingerprint density at radius 3 is 2.41 bits per heavy atom. The van der Waals surface area contributed by atoms with Crippen molar-refractivity contribution in [1.82, 2.24) is 14.5 Å². The van der Waals surface area contributed by atoms with Crippen molar-refractivity contribution in [2.45, 2.75) is 0 Å². The fourth-order valence-electron chi connectivity index (χ4n) is 3.44. The number of carboxylic acids is 1. The fourth-order valence-corrected chi connectivity index (χ4v) is 3.44. The van der Waals surface area contributed by atoms with Gasteiger partial charge in [-0.25, -0.2) is 14.8 Å². The monoisotopic (exact) mass is 365 g/mol. The summed E-state index contributed by atoms with van der Waals surface area (Å²) in [6, 6.07) is 7.34. The van der Waals surface area contributed by atoms with Crippen LogP contribution in [-0.4, -0.2) is 51.8 Å². The highest BCUT2D eigenvalue weighted by molar-refractivity contribution is 5.93. The molecule has 1 fully saturated rings. The van der Waals surface area contributed by atoms with Crippen LogP contribution in [0.1, 0.15) is 10.4 Å². The summed E-state index contributed by atoms with van der Waals surface area (Å²) in [7, 11) is 1.75. The lowest BCUT2D eigenvalue weighted by molar-refractivity contribution is 0.0695. The Morgan fingerprint density at radius 1 is 1.07 bits per heavy atom. The molecule has 1 aliphatic rings. The van der Waals surface area contributed by atoms with E-state index in [1.807, 2.05) is 12.1 Å². The van der Waals surface area contributed by atoms with E-state index in [9.17, 15) is 14.7 Å². The van der Waals surface area contributed by atoms with Gasteiger partial charge in [-0.05, 0) is 24.3 Å². The van der Waals surface area contributed by atoms with E-state index in [2.05, 4.69) is 19.8 Å². The van der Waals surface area contributed by atoms with Gasteiger partial charge in [0.05, 0.1) is 5.52 Å². The number of pyridine rings is 1. The van der Waals surface area contributed by atoms with E-state index in [0.29, 0.717) is 5.39 Å². The molecule has 0 radical (unpaired) electrons. The lowest BCUT2D eigenvalue weighted by atomic mass is 10.1. The van der Waals surface area contributed by atoms with Crippen LogP contribution in [0.5, 0.6) is 0 Å². The van der Waals surface area contributed by atoms with Gasteiger partial charge in [-0.3, -0.25) is 4.79 Å². The number of nitrogens with zero attached hydrogens (tertiary/aromatic N) is 5. The highest BCUT2D eigenvalue weighted by atomic mass is 16.4. The van der Waals surface area contributed by atoms with E-state index >= 15 is 0 Å². The van der Waals surface area contributed by atoms with Crippen LogP contribution in [0.2, 0.25) is 0 Å². The van der Waals surface area contributed by atoms with Crippen molar-refractivity contribution in [3.05, 3.63) is 58.6 Å². The molecular weight excluding hydrogens is 346 g/mol. The zero-order valence-electron chi connectivity index (χ0n) is 14.9. The van der Waals surface area contributed by atoms with Gasteiger partial charge in [0.2, 0.25) is 11.4 Å². The molecule has 4 rings (SSSR count). The van der Waals surface area contributed by atoms with Gasteiger partial charge in [0.1, 0.15) is 5.56 Å². The Morgan fingerprint density at radius 2 is 1.74 bits per heavy atom. The summed E-state index contributed by atoms with van der Waals surface area (Å²) < 4.78 is 1.69. The number of benzene rings is 1. The Bertz CT molecular complexity index is 1060. The Balaban J connectivity index is 1.60. The summed E-state index contributed by atoms with van der Waals surface area (Å²) in [4.78, 5) is 36.6. The van der Waals surface area contributed by atoms with Crippen LogP contribution in [0.15, 0.2) is 47.7 Å². The first-order chi connectivity index (χ1) is 13.0. The first kappa shape index (κ1) is 17.0. The number of aromatic nitrogens is 3. The van der Waals surface area contributed by atoms with Crippen molar-refractivity contribution in [2.75, 3.05) is 36.0 Å². The summed E-state index contributed by atoms with van der Waals surface area (Å²) in [5.41, 5.74) is 1.06. The number of carbonyl (C=O) groups is 1. The van der Waals surface area contributed by atoms with Crippen LogP contribution in [0.4, 0.5) is 11.6 Å². The van der Waals surface area contributed by atoms with E-state index < -0.39 is 11.4 Å². The molecule has 0 bridgehead atoms. The molecule has 8 heteroatoms. The van der Waals surface area contributed by atoms with E-state index in [-0.39, 0.29) is 5.56 Å².